The average molecular weight is 334 g/mol. The third kappa shape index (κ3) is 3.15. The van der Waals surface area contributed by atoms with Crippen molar-refractivity contribution in [3.8, 4) is 11.9 Å². The Hall–Kier alpha value is -2.90. The summed E-state index contributed by atoms with van der Waals surface area (Å²) < 4.78 is 77.6. The Labute approximate surface area is 123 Å². The molecule has 120 valence electrons. The molecule has 5 nitrogen and oxygen atoms in total. The van der Waals surface area contributed by atoms with E-state index in [0.717, 1.165) is 12.3 Å². The number of rotatable bonds is 2. The van der Waals surface area contributed by atoms with E-state index in [1.54, 1.807) is 0 Å². The van der Waals surface area contributed by atoms with Crippen molar-refractivity contribution >= 4 is 6.29 Å². The summed E-state index contributed by atoms with van der Waals surface area (Å²) in [5.74, 6) is -0.970. The predicted octanol–water partition coefficient (Wildman–Crippen LogP) is 2.99. The first-order chi connectivity index (χ1) is 10.6. The van der Waals surface area contributed by atoms with Crippen molar-refractivity contribution in [2.24, 2.45) is 0 Å². The van der Waals surface area contributed by atoms with Gasteiger partial charge in [-0.2, -0.15) is 36.7 Å². The van der Waals surface area contributed by atoms with Gasteiger partial charge in [0.1, 0.15) is 23.0 Å². The number of nitriles is 1. The van der Waals surface area contributed by atoms with E-state index >= 15 is 0 Å². The molecule has 0 aliphatic carbocycles. The number of aldehydes is 1. The lowest BCUT2D eigenvalue weighted by atomic mass is 10.1. The number of aromatic nitrogens is 3. The van der Waals surface area contributed by atoms with Gasteiger partial charge in [0.05, 0.1) is 5.56 Å². The maximum absolute atomic E-state index is 12.9. The fourth-order valence-electron chi connectivity index (χ4n) is 1.70. The van der Waals surface area contributed by atoms with Gasteiger partial charge in [0, 0.05) is 6.20 Å². The maximum Gasteiger partial charge on any atom is 0.433 e. The van der Waals surface area contributed by atoms with Crippen LogP contribution in [0.5, 0.6) is 0 Å². The molecule has 2 aromatic heterocycles. The van der Waals surface area contributed by atoms with E-state index in [2.05, 4.69) is 10.1 Å². The first kappa shape index (κ1) is 16.5. The number of hydrogen-bond donors (Lipinski definition) is 0. The molecule has 0 N–H and O–H groups in total. The fourth-order valence-corrected chi connectivity index (χ4v) is 1.70. The van der Waals surface area contributed by atoms with Crippen molar-refractivity contribution < 1.29 is 31.1 Å². The Balaban J connectivity index is 2.83. The third-order valence-electron chi connectivity index (χ3n) is 2.66. The van der Waals surface area contributed by atoms with Gasteiger partial charge in [-0.1, -0.05) is 0 Å². The van der Waals surface area contributed by atoms with Gasteiger partial charge in [0.2, 0.25) is 0 Å². The second kappa shape index (κ2) is 5.38. The molecule has 0 radical (unpaired) electrons. The fraction of sp³-hybridized carbons (Fsp3) is 0.167. The normalized spacial score (nSPS) is 12.0. The Morgan fingerprint density at radius 3 is 2.26 bits per heavy atom. The number of carbonyl (C=O) groups excluding carboxylic acids is 1. The van der Waals surface area contributed by atoms with E-state index in [4.69, 9.17) is 5.26 Å². The molecule has 23 heavy (non-hydrogen) atoms. The molecule has 0 atom stereocenters. The molecule has 0 saturated carbocycles. The zero-order chi connectivity index (χ0) is 17.4. The van der Waals surface area contributed by atoms with Crippen LogP contribution in [0.1, 0.15) is 27.3 Å². The van der Waals surface area contributed by atoms with Crippen LogP contribution < -0.4 is 0 Å². The number of alkyl halides is 6. The van der Waals surface area contributed by atoms with Gasteiger partial charge in [0.25, 0.3) is 0 Å². The molecule has 0 spiro atoms. The second-order valence-electron chi connectivity index (χ2n) is 4.16. The van der Waals surface area contributed by atoms with Crippen molar-refractivity contribution in [1.29, 1.82) is 5.26 Å². The van der Waals surface area contributed by atoms with Crippen LogP contribution in [0.2, 0.25) is 0 Å². The molecule has 2 rings (SSSR count). The first-order valence-electron chi connectivity index (χ1n) is 5.68. The summed E-state index contributed by atoms with van der Waals surface area (Å²) in [6.07, 6.45) is -9.21. The highest BCUT2D eigenvalue weighted by Gasteiger charge is 2.41. The lowest BCUT2D eigenvalue weighted by Crippen LogP contribution is -2.18. The van der Waals surface area contributed by atoms with Gasteiger partial charge >= 0.3 is 12.4 Å². The minimum atomic E-state index is -5.20. The van der Waals surface area contributed by atoms with Gasteiger partial charge in [-0.25, -0.2) is 9.67 Å². The van der Waals surface area contributed by atoms with Gasteiger partial charge in [-0.3, -0.25) is 4.79 Å². The van der Waals surface area contributed by atoms with Crippen molar-refractivity contribution in [2.75, 3.05) is 0 Å². The summed E-state index contributed by atoms with van der Waals surface area (Å²) >= 11 is 0. The van der Waals surface area contributed by atoms with Crippen molar-refractivity contribution in [3.05, 3.63) is 40.8 Å². The molecule has 0 bridgehead atoms. The molecule has 0 amide bonds. The Kier molecular flexibility index (Phi) is 3.85. The van der Waals surface area contributed by atoms with Gasteiger partial charge < -0.3 is 0 Å². The monoisotopic (exact) mass is 334 g/mol. The summed E-state index contributed by atoms with van der Waals surface area (Å²) in [5, 5.41) is 12.4. The summed E-state index contributed by atoms with van der Waals surface area (Å²) in [6.45, 7) is 0. The molecule has 2 heterocycles. The van der Waals surface area contributed by atoms with E-state index in [1.807, 2.05) is 0 Å². The molecular weight excluding hydrogens is 330 g/mol. The summed E-state index contributed by atoms with van der Waals surface area (Å²) in [7, 11) is 0. The second-order valence-corrected chi connectivity index (χ2v) is 4.16. The Morgan fingerprint density at radius 2 is 1.83 bits per heavy atom. The highest BCUT2D eigenvalue weighted by molar-refractivity contribution is 5.71. The molecule has 0 fully saturated rings. The average Bonchev–Trinajstić information content (AvgIpc) is 2.92. The first-order valence-corrected chi connectivity index (χ1v) is 5.68. The van der Waals surface area contributed by atoms with Crippen molar-refractivity contribution in [1.82, 2.24) is 14.8 Å². The quantitative estimate of drug-likeness (QED) is 0.625. The van der Waals surface area contributed by atoms with Crippen LogP contribution >= 0.6 is 0 Å². The van der Waals surface area contributed by atoms with E-state index in [9.17, 15) is 31.1 Å². The van der Waals surface area contributed by atoms with Crippen LogP contribution in [-0.4, -0.2) is 21.1 Å². The minimum Gasteiger partial charge on any atom is -0.296 e. The van der Waals surface area contributed by atoms with E-state index < -0.39 is 35.0 Å². The maximum atomic E-state index is 12.9. The summed E-state index contributed by atoms with van der Waals surface area (Å²) in [4.78, 5) is 13.6. The van der Waals surface area contributed by atoms with E-state index in [1.165, 1.54) is 6.07 Å². The van der Waals surface area contributed by atoms with Crippen LogP contribution in [0.25, 0.3) is 5.82 Å². The summed E-state index contributed by atoms with van der Waals surface area (Å²) in [6, 6.07) is 1.98. The van der Waals surface area contributed by atoms with Crippen molar-refractivity contribution in [2.45, 2.75) is 12.4 Å². The lowest BCUT2D eigenvalue weighted by Gasteiger charge is -2.15. The van der Waals surface area contributed by atoms with Crippen LogP contribution in [0.15, 0.2) is 18.3 Å². The van der Waals surface area contributed by atoms with E-state index in [-0.39, 0.29) is 18.0 Å². The van der Waals surface area contributed by atoms with Crippen LogP contribution in [0.4, 0.5) is 26.3 Å². The molecular formula is C12H4F6N4O. The van der Waals surface area contributed by atoms with Crippen LogP contribution in [0.3, 0.4) is 0 Å². The Morgan fingerprint density at radius 1 is 1.17 bits per heavy atom. The molecule has 11 heteroatoms. The summed E-state index contributed by atoms with van der Waals surface area (Å²) in [5.41, 5.74) is -5.00. The van der Waals surface area contributed by atoms with Gasteiger partial charge in [0.15, 0.2) is 12.1 Å². The predicted molar refractivity (Wildman–Crippen MR) is 61.5 cm³/mol. The highest BCUT2D eigenvalue weighted by atomic mass is 19.4. The zero-order valence-corrected chi connectivity index (χ0v) is 10.8. The molecule has 0 aliphatic heterocycles. The van der Waals surface area contributed by atoms with Gasteiger partial charge in [-0.05, 0) is 12.1 Å². The largest absolute Gasteiger partial charge is 0.433 e. The number of carbonyl (C=O) groups is 1. The number of nitrogens with zero attached hydrogens (tertiary/aromatic N) is 4. The molecule has 0 saturated heterocycles. The highest BCUT2D eigenvalue weighted by Crippen LogP contribution is 2.37. The standard InChI is InChI=1S/C12H4F6N4O/c13-11(14,15)8-3-9(12(16,17)18)20-10(7(8)4-19)22-2-1-6(5-23)21-22/h1-3,5H. The number of halogens is 6. The zero-order valence-electron chi connectivity index (χ0n) is 10.8. The number of pyridine rings is 1. The van der Waals surface area contributed by atoms with Crippen molar-refractivity contribution in [3.63, 3.8) is 0 Å². The third-order valence-corrected chi connectivity index (χ3v) is 2.66. The molecule has 2 aromatic rings. The smallest absolute Gasteiger partial charge is 0.296 e. The lowest BCUT2D eigenvalue weighted by molar-refractivity contribution is -0.145. The van der Waals surface area contributed by atoms with E-state index in [0.29, 0.717) is 4.68 Å². The van der Waals surface area contributed by atoms with Crippen LogP contribution in [0, 0.1) is 11.3 Å². The molecule has 0 aromatic carbocycles. The van der Waals surface area contributed by atoms with Gasteiger partial charge in [-0.15, -0.1) is 0 Å². The topological polar surface area (TPSA) is 71.6 Å². The Bertz CT molecular complexity index is 799. The number of hydrogen-bond acceptors (Lipinski definition) is 4. The van der Waals surface area contributed by atoms with Crippen LogP contribution in [-0.2, 0) is 12.4 Å². The minimum absolute atomic E-state index is 0.237. The molecule has 0 aliphatic rings. The SMILES string of the molecule is N#Cc1c(C(F)(F)F)cc(C(F)(F)F)nc1-n1ccc(C=O)n1. The molecule has 0 unspecified atom stereocenters.